The molecule has 0 bridgehead atoms. The smallest absolute Gasteiger partial charge is 0.0742 e. The standard InChI is InChI=1S/C18H24.C16H21N/c1-9-10(2)14(6)18-16(8)12(4)11(3)15(7)17(18)13(9)5;1-8-9(2)13(6)16-15(11(8)4)12(5)10(3)14(7)17-16/h1-8H3;1-7H3. The van der Waals surface area contributed by atoms with E-state index in [2.05, 4.69) is 104 Å². The zero-order valence-electron chi connectivity index (χ0n) is 24.9. The molecule has 3 aromatic carbocycles. The Morgan fingerprint density at radius 3 is 0.857 bits per heavy atom. The van der Waals surface area contributed by atoms with E-state index in [1.807, 2.05) is 0 Å². The molecule has 0 atom stereocenters. The first-order valence-electron chi connectivity index (χ1n) is 12.9. The molecule has 4 aromatic rings. The second-order valence-corrected chi connectivity index (χ2v) is 10.9. The summed E-state index contributed by atoms with van der Waals surface area (Å²) in [7, 11) is 0. The Labute approximate surface area is 214 Å². The topological polar surface area (TPSA) is 12.9 Å². The highest BCUT2D eigenvalue weighted by Gasteiger charge is 2.16. The van der Waals surface area contributed by atoms with Gasteiger partial charge in [-0.2, -0.15) is 0 Å². The molecular formula is C34H45N. The van der Waals surface area contributed by atoms with Crippen LogP contribution in [0.2, 0.25) is 0 Å². The average Bonchev–Trinajstić information content (AvgIpc) is 2.83. The Kier molecular flexibility index (Phi) is 7.24. The van der Waals surface area contributed by atoms with Gasteiger partial charge in [-0.15, -0.1) is 0 Å². The summed E-state index contributed by atoms with van der Waals surface area (Å²) in [5, 5.41) is 4.32. The lowest BCUT2D eigenvalue weighted by atomic mass is 9.83. The molecule has 1 aromatic heterocycles. The summed E-state index contributed by atoms with van der Waals surface area (Å²) >= 11 is 0. The lowest BCUT2D eigenvalue weighted by molar-refractivity contribution is 1.14. The molecule has 1 nitrogen and oxygen atoms in total. The number of aromatic nitrogens is 1. The molecule has 0 aliphatic carbocycles. The van der Waals surface area contributed by atoms with Crippen LogP contribution in [0, 0.1) is 104 Å². The maximum atomic E-state index is 4.80. The van der Waals surface area contributed by atoms with E-state index in [1.54, 1.807) is 0 Å². The molecule has 0 fully saturated rings. The molecule has 0 aliphatic rings. The van der Waals surface area contributed by atoms with Gasteiger partial charge in [0.2, 0.25) is 0 Å². The lowest BCUT2D eigenvalue weighted by Crippen LogP contribution is -2.01. The number of hydrogen-bond donors (Lipinski definition) is 0. The van der Waals surface area contributed by atoms with Gasteiger partial charge >= 0.3 is 0 Å². The summed E-state index contributed by atoms with van der Waals surface area (Å²) in [6.45, 7) is 33.4. The highest BCUT2D eigenvalue weighted by atomic mass is 14.7. The number of rotatable bonds is 0. The summed E-state index contributed by atoms with van der Waals surface area (Å²) in [4.78, 5) is 4.80. The van der Waals surface area contributed by atoms with Gasteiger partial charge in [-0.1, -0.05) is 0 Å². The second kappa shape index (κ2) is 9.41. The average molecular weight is 468 g/mol. The summed E-state index contributed by atoms with van der Waals surface area (Å²) < 4.78 is 0. The van der Waals surface area contributed by atoms with Gasteiger partial charge in [0.1, 0.15) is 0 Å². The van der Waals surface area contributed by atoms with Crippen LogP contribution in [0.3, 0.4) is 0 Å². The van der Waals surface area contributed by atoms with Crippen molar-refractivity contribution >= 4 is 21.7 Å². The third-order valence-corrected chi connectivity index (χ3v) is 9.54. The van der Waals surface area contributed by atoms with E-state index in [-0.39, 0.29) is 0 Å². The van der Waals surface area contributed by atoms with Gasteiger partial charge in [0.15, 0.2) is 0 Å². The van der Waals surface area contributed by atoms with Crippen molar-refractivity contribution in [3.8, 4) is 0 Å². The molecule has 0 aliphatic heterocycles. The van der Waals surface area contributed by atoms with Crippen molar-refractivity contribution in [2.45, 2.75) is 104 Å². The van der Waals surface area contributed by atoms with Crippen molar-refractivity contribution in [2.24, 2.45) is 0 Å². The Balaban J connectivity index is 0.000000196. The molecule has 35 heavy (non-hydrogen) atoms. The van der Waals surface area contributed by atoms with E-state index >= 15 is 0 Å². The molecule has 0 N–H and O–H groups in total. The SMILES string of the molecule is Cc1c(C)c(C)c2c(C)c(C)c(C)c(C)c2c1C.Cc1nc2c(C)c(C)c(C)c(C)c2c(C)c1C. The predicted octanol–water partition coefficient (Wildman–Crippen LogP) is 9.70. The van der Waals surface area contributed by atoms with E-state index in [0.29, 0.717) is 0 Å². The first-order valence-corrected chi connectivity index (χ1v) is 12.9. The van der Waals surface area contributed by atoms with Gasteiger partial charge in [-0.25, -0.2) is 0 Å². The van der Waals surface area contributed by atoms with E-state index in [1.165, 1.54) is 99.6 Å². The lowest BCUT2D eigenvalue weighted by Gasteiger charge is -2.21. The quantitative estimate of drug-likeness (QED) is 0.251. The molecule has 0 radical (unpaired) electrons. The number of nitrogens with zero attached hydrogens (tertiary/aromatic N) is 1. The van der Waals surface area contributed by atoms with E-state index in [4.69, 9.17) is 4.98 Å². The van der Waals surface area contributed by atoms with Crippen molar-refractivity contribution < 1.29 is 0 Å². The molecule has 1 heterocycles. The summed E-state index contributed by atoms with van der Waals surface area (Å²) in [6, 6.07) is 0. The van der Waals surface area contributed by atoms with Crippen LogP contribution in [0.4, 0.5) is 0 Å². The largest absolute Gasteiger partial charge is 0.253 e. The maximum absolute atomic E-state index is 4.80. The van der Waals surface area contributed by atoms with Gasteiger partial charge in [-0.05, 0) is 193 Å². The highest BCUT2D eigenvalue weighted by molar-refractivity contribution is 5.97. The van der Waals surface area contributed by atoms with Crippen LogP contribution in [0.5, 0.6) is 0 Å². The monoisotopic (exact) mass is 467 g/mol. The summed E-state index contributed by atoms with van der Waals surface area (Å²) in [5.74, 6) is 0. The Bertz CT molecular complexity index is 1390. The van der Waals surface area contributed by atoms with E-state index in [9.17, 15) is 0 Å². The Morgan fingerprint density at radius 1 is 0.257 bits per heavy atom. The van der Waals surface area contributed by atoms with Crippen LogP contribution in [0.15, 0.2) is 0 Å². The molecular weight excluding hydrogens is 422 g/mol. The zero-order chi connectivity index (χ0) is 26.7. The molecule has 186 valence electrons. The van der Waals surface area contributed by atoms with Crippen molar-refractivity contribution in [3.63, 3.8) is 0 Å². The fraction of sp³-hybridized carbons (Fsp3) is 0.441. The van der Waals surface area contributed by atoms with E-state index < -0.39 is 0 Å². The Morgan fingerprint density at radius 2 is 0.514 bits per heavy atom. The summed E-state index contributed by atoms with van der Waals surface area (Å²) in [6.07, 6.45) is 0. The first-order chi connectivity index (χ1) is 16.1. The van der Waals surface area contributed by atoms with Crippen LogP contribution in [0.1, 0.15) is 83.6 Å². The predicted molar refractivity (Wildman–Crippen MR) is 157 cm³/mol. The Hall–Kier alpha value is -2.67. The molecule has 0 saturated carbocycles. The van der Waals surface area contributed by atoms with Gasteiger partial charge in [0.25, 0.3) is 0 Å². The van der Waals surface area contributed by atoms with Crippen molar-refractivity contribution in [1.29, 1.82) is 0 Å². The minimum absolute atomic E-state index is 1.15. The molecule has 0 unspecified atom stereocenters. The minimum Gasteiger partial charge on any atom is -0.253 e. The number of fused-ring (bicyclic) bond motifs is 2. The third-order valence-electron chi connectivity index (χ3n) is 9.54. The summed E-state index contributed by atoms with van der Waals surface area (Å²) in [5.41, 5.74) is 22.2. The van der Waals surface area contributed by atoms with Gasteiger partial charge in [-0.3, -0.25) is 4.98 Å². The molecule has 1 heteroatoms. The van der Waals surface area contributed by atoms with Gasteiger partial charge in [0.05, 0.1) is 5.52 Å². The molecule has 4 rings (SSSR count). The number of aryl methyl sites for hydroxylation is 8. The highest BCUT2D eigenvalue weighted by Crippen LogP contribution is 2.37. The van der Waals surface area contributed by atoms with Crippen molar-refractivity contribution in [1.82, 2.24) is 4.98 Å². The fourth-order valence-electron chi connectivity index (χ4n) is 5.79. The van der Waals surface area contributed by atoms with Crippen molar-refractivity contribution in [3.05, 3.63) is 83.6 Å². The van der Waals surface area contributed by atoms with E-state index in [0.717, 1.165) is 5.69 Å². The third kappa shape index (κ3) is 4.07. The van der Waals surface area contributed by atoms with Crippen LogP contribution in [0.25, 0.3) is 21.7 Å². The van der Waals surface area contributed by atoms with Crippen LogP contribution >= 0.6 is 0 Å². The molecule has 0 saturated heterocycles. The number of pyridine rings is 1. The zero-order valence-corrected chi connectivity index (χ0v) is 24.9. The van der Waals surface area contributed by atoms with Crippen molar-refractivity contribution in [2.75, 3.05) is 0 Å². The minimum atomic E-state index is 1.15. The van der Waals surface area contributed by atoms with Crippen LogP contribution < -0.4 is 0 Å². The molecule has 0 amide bonds. The fourth-order valence-corrected chi connectivity index (χ4v) is 5.79. The number of hydrogen-bond acceptors (Lipinski definition) is 1. The van der Waals surface area contributed by atoms with Crippen LogP contribution in [-0.4, -0.2) is 4.98 Å². The van der Waals surface area contributed by atoms with Gasteiger partial charge in [0, 0.05) is 11.1 Å². The maximum Gasteiger partial charge on any atom is 0.0742 e. The molecule has 0 spiro atoms. The normalized spacial score (nSPS) is 11.3. The second-order valence-electron chi connectivity index (χ2n) is 10.9. The van der Waals surface area contributed by atoms with Crippen LogP contribution in [-0.2, 0) is 0 Å². The van der Waals surface area contributed by atoms with Gasteiger partial charge < -0.3 is 0 Å². The first kappa shape index (κ1) is 26.9. The number of benzene rings is 3.